The maximum absolute atomic E-state index is 14.0. The maximum atomic E-state index is 14.0. The van der Waals surface area contributed by atoms with Crippen molar-refractivity contribution in [1.29, 1.82) is 0 Å². The Morgan fingerprint density at radius 1 is 1.19 bits per heavy atom. The van der Waals surface area contributed by atoms with Crippen LogP contribution in [-0.4, -0.2) is 51.9 Å². The highest BCUT2D eigenvalue weighted by atomic mass is 19.1. The second kappa shape index (κ2) is 12.0. The molecule has 230 valence electrons. The van der Waals surface area contributed by atoms with Crippen molar-refractivity contribution < 1.29 is 28.6 Å². The zero-order valence-corrected chi connectivity index (χ0v) is 25.6. The van der Waals surface area contributed by atoms with E-state index in [4.69, 9.17) is 9.47 Å². The third kappa shape index (κ3) is 6.85. The van der Waals surface area contributed by atoms with Gasteiger partial charge < -0.3 is 24.8 Å². The van der Waals surface area contributed by atoms with Gasteiger partial charge in [0.15, 0.2) is 11.8 Å². The van der Waals surface area contributed by atoms with E-state index in [1.165, 1.54) is 12.1 Å². The number of ether oxygens (including phenoxy) is 2. The number of hydrogen-bond acceptors (Lipinski definition) is 6. The number of rotatable bonds is 3. The van der Waals surface area contributed by atoms with Gasteiger partial charge in [0, 0.05) is 43.0 Å². The second-order valence-electron chi connectivity index (χ2n) is 12.9. The molecule has 1 atom stereocenters. The monoisotopic (exact) mass is 592 g/mol. The summed E-state index contributed by atoms with van der Waals surface area (Å²) >= 11 is 0. The lowest BCUT2D eigenvalue weighted by Crippen LogP contribution is -2.40. The van der Waals surface area contributed by atoms with Gasteiger partial charge in [-0.1, -0.05) is 25.1 Å². The fraction of sp³-hybridized carbons (Fsp3) is 0.485. The number of anilines is 1. The number of carbonyl (C=O) groups excluding carboxylic acids is 1. The Balaban J connectivity index is 1.62. The van der Waals surface area contributed by atoms with Gasteiger partial charge in [-0.25, -0.2) is 13.7 Å². The number of nitrogens with one attached hydrogen (secondary N) is 1. The van der Waals surface area contributed by atoms with Crippen LogP contribution in [0.25, 0.3) is 5.52 Å². The summed E-state index contributed by atoms with van der Waals surface area (Å²) in [5.74, 6) is -1.52. The van der Waals surface area contributed by atoms with E-state index in [9.17, 15) is 19.1 Å². The van der Waals surface area contributed by atoms with Crippen LogP contribution < -0.4 is 15.0 Å². The first-order valence-corrected chi connectivity index (χ1v) is 14.9. The Labute approximate surface area is 251 Å². The zero-order valence-electron chi connectivity index (χ0n) is 25.6. The van der Waals surface area contributed by atoms with Crippen molar-refractivity contribution in [3.8, 4) is 5.75 Å². The van der Waals surface area contributed by atoms with Crippen LogP contribution >= 0.6 is 0 Å². The molecule has 5 heterocycles. The van der Waals surface area contributed by atoms with Crippen LogP contribution in [0.1, 0.15) is 86.7 Å². The smallest absolute Gasteiger partial charge is 0.337 e. The molecule has 9 nitrogen and oxygen atoms in total. The van der Waals surface area contributed by atoms with E-state index in [-0.39, 0.29) is 17.7 Å². The quantitative estimate of drug-likeness (QED) is 0.360. The third-order valence-corrected chi connectivity index (χ3v) is 8.34. The molecular formula is C33H41FN4O5. The molecule has 10 heteroatoms. The molecule has 1 aromatic carbocycles. The van der Waals surface area contributed by atoms with Crippen molar-refractivity contribution in [3.63, 3.8) is 0 Å². The average Bonchev–Trinajstić information content (AvgIpc) is 3.35. The molecule has 6 rings (SSSR count). The molecule has 1 fully saturated rings. The molecule has 3 aromatic rings. The fourth-order valence-corrected chi connectivity index (χ4v) is 5.96. The number of carboxylic acid groups (broad SMARTS) is 1. The summed E-state index contributed by atoms with van der Waals surface area (Å²) in [6.45, 7) is 11.5. The summed E-state index contributed by atoms with van der Waals surface area (Å²) < 4.78 is 27.7. The minimum Gasteiger partial charge on any atom is -0.489 e. The SMILES string of the molecule is Cc1cn2nc3cc2c(c1C(OC(C)(C)C)C(=O)O)N1CCC(C)(CCC=CCOc2cc(F)ccc2CNC3=O)CC1. The molecule has 1 amide bonds. The summed E-state index contributed by atoms with van der Waals surface area (Å²) in [6.07, 6.45) is 8.32. The molecule has 0 radical (unpaired) electrons. The van der Waals surface area contributed by atoms with Gasteiger partial charge in [0.25, 0.3) is 5.91 Å². The van der Waals surface area contributed by atoms with Gasteiger partial charge in [0.05, 0.1) is 16.8 Å². The number of benzene rings is 1. The zero-order chi connectivity index (χ0) is 30.9. The number of aliphatic carboxylic acids is 1. The number of piperidine rings is 1. The number of hydrogen-bond donors (Lipinski definition) is 2. The number of fused-ring (bicyclic) bond motifs is 8. The Morgan fingerprint density at radius 3 is 2.63 bits per heavy atom. The Morgan fingerprint density at radius 2 is 1.93 bits per heavy atom. The van der Waals surface area contributed by atoms with Crippen LogP contribution in [0.5, 0.6) is 5.75 Å². The number of amides is 1. The third-order valence-electron chi connectivity index (χ3n) is 8.34. The number of halogens is 1. The molecule has 1 saturated heterocycles. The molecule has 4 bridgehead atoms. The number of aromatic nitrogens is 2. The van der Waals surface area contributed by atoms with Crippen molar-refractivity contribution in [1.82, 2.24) is 14.9 Å². The second-order valence-corrected chi connectivity index (χ2v) is 12.9. The lowest BCUT2D eigenvalue weighted by Gasteiger charge is -2.42. The van der Waals surface area contributed by atoms with E-state index >= 15 is 0 Å². The normalized spacial score (nSPS) is 18.4. The first-order valence-electron chi connectivity index (χ1n) is 14.9. The first-order chi connectivity index (χ1) is 20.3. The molecule has 0 spiro atoms. The molecule has 1 unspecified atom stereocenters. The summed E-state index contributed by atoms with van der Waals surface area (Å²) in [5, 5.41) is 17.8. The van der Waals surface area contributed by atoms with Crippen molar-refractivity contribution >= 4 is 23.1 Å². The highest BCUT2D eigenvalue weighted by Crippen LogP contribution is 2.43. The fourth-order valence-electron chi connectivity index (χ4n) is 5.96. The van der Waals surface area contributed by atoms with Crippen LogP contribution in [0.15, 0.2) is 42.6 Å². The topological polar surface area (TPSA) is 105 Å². The number of allylic oxidation sites excluding steroid dienone is 1. The van der Waals surface area contributed by atoms with Gasteiger partial charge in [-0.3, -0.25) is 4.79 Å². The van der Waals surface area contributed by atoms with E-state index in [0.717, 1.165) is 44.5 Å². The van der Waals surface area contributed by atoms with E-state index in [1.54, 1.807) is 22.8 Å². The largest absolute Gasteiger partial charge is 0.489 e. The van der Waals surface area contributed by atoms with Crippen LogP contribution in [-0.2, 0) is 16.1 Å². The molecule has 43 heavy (non-hydrogen) atoms. The average molecular weight is 593 g/mol. The maximum Gasteiger partial charge on any atom is 0.337 e. The lowest BCUT2D eigenvalue weighted by atomic mass is 9.76. The predicted octanol–water partition coefficient (Wildman–Crippen LogP) is 5.99. The molecule has 0 saturated carbocycles. The van der Waals surface area contributed by atoms with Gasteiger partial charge in [-0.15, -0.1) is 0 Å². The molecule has 2 aromatic heterocycles. The van der Waals surface area contributed by atoms with Gasteiger partial charge in [-0.2, -0.15) is 5.10 Å². The number of nitrogens with zero attached hydrogens (tertiary/aromatic N) is 3. The summed E-state index contributed by atoms with van der Waals surface area (Å²) in [6, 6.07) is 5.97. The van der Waals surface area contributed by atoms with Crippen molar-refractivity contribution in [3.05, 3.63) is 70.8 Å². The van der Waals surface area contributed by atoms with Gasteiger partial charge in [-0.05, 0) is 76.5 Å². The first kappa shape index (κ1) is 30.5. The Bertz CT molecular complexity index is 1550. The molecular weight excluding hydrogens is 551 g/mol. The molecule has 2 N–H and O–H groups in total. The van der Waals surface area contributed by atoms with Crippen molar-refractivity contribution in [2.75, 3.05) is 24.6 Å². The minimum atomic E-state index is -1.20. The van der Waals surface area contributed by atoms with E-state index in [1.807, 2.05) is 33.8 Å². The van der Waals surface area contributed by atoms with Crippen molar-refractivity contribution in [2.24, 2.45) is 5.41 Å². The molecule has 0 aliphatic carbocycles. The number of pyridine rings is 1. The standard InChI is InChI=1S/C33H41FN4O5/c1-21-20-38-25-18-24(36-38)30(39)35-19-22-9-10-23(34)17-26(22)42-16-8-6-7-11-33(5)12-14-37(15-13-33)28(25)27(21)29(31(40)41)43-32(2,3)4/h6,8-10,17-18,20,29H,7,11-16,19H2,1-5H3,(H,35,39)(H,40,41). The van der Waals surface area contributed by atoms with Gasteiger partial charge >= 0.3 is 5.97 Å². The lowest BCUT2D eigenvalue weighted by molar-refractivity contribution is -0.160. The summed E-state index contributed by atoms with van der Waals surface area (Å²) in [4.78, 5) is 28.3. The highest BCUT2D eigenvalue weighted by molar-refractivity contribution is 5.95. The Kier molecular flexibility index (Phi) is 8.51. The minimum absolute atomic E-state index is 0.111. The Hall–Kier alpha value is -3.92. The van der Waals surface area contributed by atoms with Crippen molar-refractivity contribution in [2.45, 2.75) is 78.6 Å². The number of aryl methyl sites for hydroxylation is 1. The van der Waals surface area contributed by atoms with Crippen LogP contribution in [0.4, 0.5) is 10.1 Å². The summed E-state index contributed by atoms with van der Waals surface area (Å²) in [5.41, 5.74) is 2.90. The van der Waals surface area contributed by atoms with E-state index in [0.29, 0.717) is 34.6 Å². The van der Waals surface area contributed by atoms with E-state index in [2.05, 4.69) is 28.3 Å². The molecule has 3 aliphatic rings. The summed E-state index contributed by atoms with van der Waals surface area (Å²) in [7, 11) is 0. The van der Waals surface area contributed by atoms with E-state index < -0.39 is 29.4 Å². The molecule has 3 aliphatic heterocycles. The van der Waals surface area contributed by atoms with Crippen LogP contribution in [0, 0.1) is 18.2 Å². The number of carboxylic acids is 1. The van der Waals surface area contributed by atoms with Gasteiger partial charge in [0.1, 0.15) is 18.2 Å². The number of carbonyl (C=O) groups is 2. The van der Waals surface area contributed by atoms with Crippen LogP contribution in [0.2, 0.25) is 0 Å². The highest BCUT2D eigenvalue weighted by Gasteiger charge is 2.36. The van der Waals surface area contributed by atoms with Crippen LogP contribution in [0.3, 0.4) is 0 Å². The predicted molar refractivity (Wildman–Crippen MR) is 162 cm³/mol. The van der Waals surface area contributed by atoms with Gasteiger partial charge in [0.2, 0.25) is 0 Å².